The van der Waals surface area contributed by atoms with Crippen LogP contribution < -0.4 is 0 Å². The topological polar surface area (TPSA) is 32.8 Å². The van der Waals surface area contributed by atoms with E-state index in [0.717, 1.165) is 51.3 Å². The number of rotatable bonds is 4. The van der Waals surface area contributed by atoms with Crippen molar-refractivity contribution in [2.24, 2.45) is 11.3 Å². The van der Waals surface area contributed by atoms with E-state index in [0.29, 0.717) is 12.3 Å². The third-order valence-electron chi connectivity index (χ3n) is 5.17. The molecule has 1 atom stereocenters. The number of carbonyl (C=O) groups excluding carboxylic acids is 1. The van der Waals surface area contributed by atoms with Crippen LogP contribution in [0, 0.1) is 11.3 Å². The molecule has 0 aromatic carbocycles. The minimum absolute atomic E-state index is 0.271. The monoisotopic (exact) mass is 322 g/mol. The van der Waals surface area contributed by atoms with E-state index in [1.54, 1.807) is 11.3 Å². The molecule has 1 aromatic heterocycles. The van der Waals surface area contributed by atoms with E-state index >= 15 is 0 Å². The van der Waals surface area contributed by atoms with Crippen molar-refractivity contribution < 1.29 is 9.53 Å². The van der Waals surface area contributed by atoms with Crippen LogP contribution in [0.5, 0.6) is 0 Å². The summed E-state index contributed by atoms with van der Waals surface area (Å²) in [6, 6.07) is 2.06. The van der Waals surface area contributed by atoms with Crippen molar-refractivity contribution in [3.05, 3.63) is 22.4 Å². The fourth-order valence-corrected chi connectivity index (χ4v) is 4.61. The van der Waals surface area contributed by atoms with Crippen LogP contribution in [0.2, 0.25) is 0 Å². The molecule has 122 valence electrons. The van der Waals surface area contributed by atoms with E-state index in [-0.39, 0.29) is 11.3 Å². The summed E-state index contributed by atoms with van der Waals surface area (Å²) in [7, 11) is 4.26. The number of amides is 1. The van der Waals surface area contributed by atoms with Crippen LogP contribution in [0.3, 0.4) is 0 Å². The van der Waals surface area contributed by atoms with E-state index in [4.69, 9.17) is 4.74 Å². The summed E-state index contributed by atoms with van der Waals surface area (Å²) in [6.07, 6.45) is 2.73. The van der Waals surface area contributed by atoms with Gasteiger partial charge < -0.3 is 14.5 Å². The highest BCUT2D eigenvalue weighted by Crippen LogP contribution is 2.44. The van der Waals surface area contributed by atoms with Gasteiger partial charge in [0.25, 0.3) is 0 Å². The number of nitrogens with zero attached hydrogens (tertiary/aromatic N) is 2. The molecule has 3 heterocycles. The van der Waals surface area contributed by atoms with Gasteiger partial charge in [0.15, 0.2) is 0 Å². The van der Waals surface area contributed by atoms with Gasteiger partial charge in [0.2, 0.25) is 5.91 Å². The highest BCUT2D eigenvalue weighted by atomic mass is 32.1. The molecule has 4 nitrogen and oxygen atoms in total. The quantitative estimate of drug-likeness (QED) is 0.851. The summed E-state index contributed by atoms with van der Waals surface area (Å²) < 4.78 is 5.57. The van der Waals surface area contributed by atoms with Crippen molar-refractivity contribution in [1.82, 2.24) is 9.80 Å². The molecule has 0 radical (unpaired) electrons. The maximum atomic E-state index is 12.7. The molecule has 0 saturated carbocycles. The van der Waals surface area contributed by atoms with E-state index in [1.807, 2.05) is 5.38 Å². The second-order valence-corrected chi connectivity index (χ2v) is 7.80. The minimum atomic E-state index is 0.271. The van der Waals surface area contributed by atoms with Crippen LogP contribution in [0.4, 0.5) is 0 Å². The third kappa shape index (κ3) is 3.36. The highest BCUT2D eigenvalue weighted by molar-refractivity contribution is 7.07. The first kappa shape index (κ1) is 16.0. The highest BCUT2D eigenvalue weighted by Gasteiger charge is 2.48. The van der Waals surface area contributed by atoms with Crippen molar-refractivity contribution in [2.75, 3.05) is 46.9 Å². The molecule has 0 N–H and O–H groups in total. The summed E-state index contributed by atoms with van der Waals surface area (Å²) in [4.78, 5) is 17.0. The van der Waals surface area contributed by atoms with Gasteiger partial charge in [0, 0.05) is 32.8 Å². The number of hydrogen-bond acceptors (Lipinski definition) is 4. The number of carbonyl (C=O) groups is 1. The molecule has 3 rings (SSSR count). The van der Waals surface area contributed by atoms with Gasteiger partial charge in [-0.05, 0) is 60.7 Å². The number of ether oxygens (including phenoxy) is 1. The molecule has 1 aromatic rings. The van der Waals surface area contributed by atoms with Crippen molar-refractivity contribution in [1.29, 1.82) is 0 Å². The Morgan fingerprint density at radius 3 is 2.86 bits per heavy atom. The fourth-order valence-electron chi connectivity index (χ4n) is 3.94. The molecular weight excluding hydrogens is 296 g/mol. The van der Waals surface area contributed by atoms with Gasteiger partial charge in [0.05, 0.1) is 6.42 Å². The normalized spacial score (nSPS) is 24.3. The van der Waals surface area contributed by atoms with Crippen LogP contribution in [-0.2, 0) is 16.0 Å². The Bertz CT molecular complexity index is 495. The van der Waals surface area contributed by atoms with Crippen LogP contribution in [0.15, 0.2) is 16.8 Å². The van der Waals surface area contributed by atoms with E-state index in [1.165, 1.54) is 0 Å². The average Bonchev–Trinajstić information content (AvgIpc) is 3.09. The van der Waals surface area contributed by atoms with Crippen LogP contribution in [-0.4, -0.2) is 62.7 Å². The average molecular weight is 322 g/mol. The first-order valence-corrected chi connectivity index (χ1v) is 9.05. The molecule has 0 bridgehead atoms. The third-order valence-corrected chi connectivity index (χ3v) is 5.91. The summed E-state index contributed by atoms with van der Waals surface area (Å²) in [6.45, 7) is 4.56. The number of thiophene rings is 1. The predicted molar refractivity (Wildman–Crippen MR) is 89.1 cm³/mol. The molecule has 2 fully saturated rings. The molecule has 1 spiro atoms. The van der Waals surface area contributed by atoms with Gasteiger partial charge in [0.1, 0.15) is 0 Å². The van der Waals surface area contributed by atoms with Crippen molar-refractivity contribution >= 4 is 17.2 Å². The minimum Gasteiger partial charge on any atom is -0.381 e. The Balaban J connectivity index is 1.70. The molecule has 2 aliphatic rings. The Morgan fingerprint density at radius 2 is 2.23 bits per heavy atom. The summed E-state index contributed by atoms with van der Waals surface area (Å²) in [5.41, 5.74) is 1.42. The number of likely N-dealkylation sites (tertiary alicyclic amines) is 1. The van der Waals surface area contributed by atoms with Gasteiger partial charge in [-0.25, -0.2) is 0 Å². The van der Waals surface area contributed by atoms with Gasteiger partial charge in [-0.3, -0.25) is 4.79 Å². The first-order chi connectivity index (χ1) is 10.6. The van der Waals surface area contributed by atoms with Crippen LogP contribution >= 0.6 is 11.3 Å². The first-order valence-electron chi connectivity index (χ1n) is 8.10. The molecule has 2 saturated heterocycles. The van der Waals surface area contributed by atoms with E-state index in [9.17, 15) is 4.79 Å². The van der Waals surface area contributed by atoms with Gasteiger partial charge in [-0.2, -0.15) is 11.3 Å². The standard InChI is InChI=1S/C17H26N2O2S/c1-18(2)10-15-11-19(13-17(15)4-6-21-7-5-17)16(20)9-14-3-8-22-12-14/h3,8,12,15H,4-7,9-11,13H2,1-2H3/t15-/m1/s1. The lowest BCUT2D eigenvalue weighted by Gasteiger charge is -2.38. The van der Waals surface area contributed by atoms with Crippen molar-refractivity contribution in [3.8, 4) is 0 Å². The lowest BCUT2D eigenvalue weighted by molar-refractivity contribution is -0.130. The van der Waals surface area contributed by atoms with E-state index in [2.05, 4.69) is 35.3 Å². The lowest BCUT2D eigenvalue weighted by atomic mass is 9.72. The Labute approximate surface area is 137 Å². The molecule has 2 aliphatic heterocycles. The SMILES string of the molecule is CN(C)C[C@@H]1CN(C(=O)Cc2ccsc2)CC12CCOCC2. The zero-order valence-electron chi connectivity index (χ0n) is 13.6. The molecular formula is C17H26N2O2S. The molecule has 1 amide bonds. The molecule has 0 unspecified atom stereocenters. The summed E-state index contributed by atoms with van der Waals surface area (Å²) >= 11 is 1.66. The largest absolute Gasteiger partial charge is 0.381 e. The number of hydrogen-bond donors (Lipinski definition) is 0. The Kier molecular flexibility index (Phi) is 4.85. The Morgan fingerprint density at radius 1 is 1.45 bits per heavy atom. The second-order valence-electron chi connectivity index (χ2n) is 7.02. The van der Waals surface area contributed by atoms with Gasteiger partial charge in [-0.1, -0.05) is 0 Å². The maximum absolute atomic E-state index is 12.7. The fraction of sp³-hybridized carbons (Fsp3) is 0.706. The Hall–Kier alpha value is -0.910. The maximum Gasteiger partial charge on any atom is 0.227 e. The second kappa shape index (κ2) is 6.69. The van der Waals surface area contributed by atoms with Crippen LogP contribution in [0.25, 0.3) is 0 Å². The van der Waals surface area contributed by atoms with Crippen molar-refractivity contribution in [2.45, 2.75) is 19.3 Å². The van der Waals surface area contributed by atoms with Crippen LogP contribution in [0.1, 0.15) is 18.4 Å². The van der Waals surface area contributed by atoms with E-state index < -0.39 is 0 Å². The van der Waals surface area contributed by atoms with Gasteiger partial charge >= 0.3 is 0 Å². The zero-order valence-corrected chi connectivity index (χ0v) is 14.4. The molecule has 22 heavy (non-hydrogen) atoms. The smallest absolute Gasteiger partial charge is 0.227 e. The zero-order chi connectivity index (χ0) is 15.6. The molecule has 5 heteroatoms. The van der Waals surface area contributed by atoms with Gasteiger partial charge in [-0.15, -0.1) is 0 Å². The van der Waals surface area contributed by atoms with Crippen molar-refractivity contribution in [3.63, 3.8) is 0 Å². The predicted octanol–water partition coefficient (Wildman–Crippen LogP) is 2.11. The molecule has 0 aliphatic carbocycles. The summed E-state index contributed by atoms with van der Waals surface area (Å²) in [5, 5.41) is 4.12. The summed E-state index contributed by atoms with van der Waals surface area (Å²) in [5.74, 6) is 0.850. The lowest BCUT2D eigenvalue weighted by Crippen LogP contribution is -2.41.